The van der Waals surface area contributed by atoms with Gasteiger partial charge in [0.2, 0.25) is 0 Å². The molecule has 0 unspecified atom stereocenters. The topological polar surface area (TPSA) is 337 Å². The first-order valence-corrected chi connectivity index (χ1v) is 21.3. The number of hydrogen-bond acceptors (Lipinski definition) is 16. The molecule has 297 valence electrons. The number of fused-ring (bicyclic) bond motifs is 20. The molecular weight excluding hydrogens is 972 g/mol. The Morgan fingerprint density at radius 1 is 0.393 bits per heavy atom. The Bertz CT molecular complexity index is 3490. The number of aromatic amines is 2. The van der Waals surface area contributed by atoms with Crippen molar-refractivity contribution in [2.24, 2.45) is 0 Å². The summed E-state index contributed by atoms with van der Waals surface area (Å²) < 4.78 is 146. The number of nitrogens with one attached hydrogen (secondary N) is 6. The molecule has 61 heavy (non-hydrogen) atoms. The standard InChI is InChI=1S/C32H22N8O12S4.Cu.4Na/c41-53(42,43)13-4-7-16-20(10-13)29-33-25(16)35-30-22-12-15(55(47,48)49)6-9-18(22)27(37-30)39-32-24-19(2-1-3-23(24)56(50,51)52)28(40-32)38-31-21-11-14(54(44,45)46)5-8-17(21)26(34-29)36-31;;;;;/h1-12,34-39H,(H,41,42,43)(H,44,45,46)(H,47,48,49)(H,50,51,52);;;;;/q-2;+2;4*+1/p-4. The molecule has 0 spiro atoms. The van der Waals surface area contributed by atoms with Gasteiger partial charge in [0.1, 0.15) is 40.5 Å². The van der Waals surface area contributed by atoms with Crippen LogP contribution < -0.4 is 149 Å². The van der Waals surface area contributed by atoms with Crippen molar-refractivity contribution in [1.29, 1.82) is 0 Å². The molecular formula is C32H18CuN8Na4O12S4. The van der Waals surface area contributed by atoms with E-state index in [4.69, 9.17) is 0 Å². The smallest absolute Gasteiger partial charge is 0.744 e. The second kappa shape index (κ2) is 18.3. The van der Waals surface area contributed by atoms with Crippen LogP contribution in [0.3, 0.4) is 0 Å². The number of aromatic nitrogens is 4. The molecule has 6 N–H and O–H groups in total. The van der Waals surface area contributed by atoms with Crippen molar-refractivity contribution in [2.75, 3.05) is 21.3 Å². The van der Waals surface area contributed by atoms with Crippen LogP contribution in [-0.2, 0) is 57.5 Å². The quantitative estimate of drug-likeness (QED) is 0.0704. The van der Waals surface area contributed by atoms with Crippen LogP contribution in [-0.4, -0.2) is 61.9 Å². The molecule has 4 aromatic carbocycles. The molecule has 8 aromatic rings. The Morgan fingerprint density at radius 3 is 1.20 bits per heavy atom. The van der Waals surface area contributed by atoms with E-state index in [1.165, 1.54) is 30.3 Å². The molecule has 29 heteroatoms. The summed E-state index contributed by atoms with van der Waals surface area (Å²) in [4.78, 5) is 12.7. The van der Waals surface area contributed by atoms with Gasteiger partial charge in [-0.25, -0.2) is 33.7 Å². The van der Waals surface area contributed by atoms with Gasteiger partial charge in [-0.05, 0) is 58.6 Å². The van der Waals surface area contributed by atoms with Crippen LogP contribution in [0.4, 0.5) is 46.5 Å². The fraction of sp³-hybridized carbons (Fsp3) is 0. The average Bonchev–Trinajstić information content (AvgIpc) is 3.84. The zero-order valence-corrected chi connectivity index (χ0v) is 43.9. The van der Waals surface area contributed by atoms with Crippen LogP contribution in [0, 0.1) is 0 Å². The molecule has 0 aliphatic carbocycles. The minimum Gasteiger partial charge on any atom is -0.744 e. The predicted octanol–water partition coefficient (Wildman–Crippen LogP) is -8.21. The zero-order chi connectivity index (χ0) is 39.7. The van der Waals surface area contributed by atoms with Gasteiger partial charge in [-0.3, -0.25) is 0 Å². The van der Waals surface area contributed by atoms with Gasteiger partial charge >= 0.3 is 135 Å². The molecule has 0 atom stereocenters. The number of rotatable bonds is 4. The monoisotopic (exact) mass is 989 g/mol. The number of benzene rings is 4. The van der Waals surface area contributed by atoms with Gasteiger partial charge in [0.15, 0.2) is 0 Å². The summed E-state index contributed by atoms with van der Waals surface area (Å²) in [5, 5.41) is 13.0. The summed E-state index contributed by atoms with van der Waals surface area (Å²) in [6.07, 6.45) is 0. The van der Waals surface area contributed by atoms with Crippen LogP contribution in [0.15, 0.2) is 92.4 Å². The molecule has 5 heterocycles. The summed E-state index contributed by atoms with van der Waals surface area (Å²) >= 11 is 0. The van der Waals surface area contributed by atoms with Crippen molar-refractivity contribution in [3.05, 3.63) is 72.8 Å². The van der Waals surface area contributed by atoms with E-state index in [1.54, 1.807) is 0 Å². The second-order valence-corrected chi connectivity index (χ2v) is 18.0. The van der Waals surface area contributed by atoms with E-state index < -0.39 is 60.1 Å². The number of anilines is 8. The molecule has 20 nitrogen and oxygen atoms in total. The maximum Gasteiger partial charge on any atom is 2.00 e. The minimum absolute atomic E-state index is 0. The molecule has 1 radical (unpaired) electrons. The van der Waals surface area contributed by atoms with Crippen LogP contribution >= 0.6 is 0 Å². The Labute approximate surface area is 444 Å². The third-order valence-corrected chi connectivity index (χ3v) is 12.5. The zero-order valence-electron chi connectivity index (χ0n) is 31.7. The third kappa shape index (κ3) is 9.56. The molecule has 0 fully saturated rings. The summed E-state index contributed by atoms with van der Waals surface area (Å²) in [5.74, 6) is -0.0972. The predicted molar refractivity (Wildman–Crippen MR) is 196 cm³/mol. The SMILES string of the molecule is O=S(=O)([O-])c1ccc2c3[n-]c(c2c1)Nc1[nH]c(c2cc(S(=O)(=O)[O-])ccc12)Nc1[n-]c(c2c(S(=O)(=O)[O-])cccc12)Nc1[nH]c(c2cc(S(=O)(=O)[O-])ccc12)N3.[Cu+2].[Na+].[Na+].[Na+].[Na+]. The Hall–Kier alpha value is -1.60. The van der Waals surface area contributed by atoms with E-state index in [9.17, 15) is 51.9 Å². The van der Waals surface area contributed by atoms with Gasteiger partial charge in [0, 0.05) is 50.2 Å². The first-order chi connectivity index (χ1) is 26.2. The molecule has 1 aliphatic heterocycles. The van der Waals surface area contributed by atoms with Gasteiger partial charge in [-0.2, -0.15) is 0 Å². The van der Waals surface area contributed by atoms with Crippen molar-refractivity contribution in [1.82, 2.24) is 19.9 Å². The van der Waals surface area contributed by atoms with E-state index in [2.05, 4.69) is 41.2 Å². The van der Waals surface area contributed by atoms with Crippen molar-refractivity contribution in [3.63, 3.8) is 0 Å². The third-order valence-electron chi connectivity index (χ3n) is 9.14. The summed E-state index contributed by atoms with van der Waals surface area (Å²) in [5.41, 5.74) is 0. The minimum atomic E-state index is -5.14. The fourth-order valence-corrected chi connectivity index (χ4v) is 8.89. The van der Waals surface area contributed by atoms with E-state index in [0.29, 0.717) is 0 Å². The average molecular weight is 990 g/mol. The van der Waals surface area contributed by atoms with Crippen molar-refractivity contribution < 1.29 is 187 Å². The van der Waals surface area contributed by atoms with E-state index in [0.717, 1.165) is 42.5 Å². The van der Waals surface area contributed by atoms with Crippen LogP contribution in [0.2, 0.25) is 0 Å². The molecule has 9 rings (SSSR count). The number of H-pyrrole nitrogens is 2. The van der Waals surface area contributed by atoms with Gasteiger partial charge in [-0.15, -0.1) is 0 Å². The largest absolute Gasteiger partial charge is 2.00 e. The first-order valence-electron chi connectivity index (χ1n) is 15.7. The summed E-state index contributed by atoms with van der Waals surface area (Å²) in [7, 11) is -20.1. The molecule has 0 saturated heterocycles. The van der Waals surface area contributed by atoms with Crippen LogP contribution in [0.1, 0.15) is 0 Å². The molecule has 8 bridgehead atoms. The number of hydrogen-bond donors (Lipinski definition) is 6. The maximum atomic E-state index is 12.6. The summed E-state index contributed by atoms with van der Waals surface area (Å²) in [6.45, 7) is 0. The van der Waals surface area contributed by atoms with Crippen molar-refractivity contribution >= 4 is 130 Å². The van der Waals surface area contributed by atoms with Gasteiger partial charge in [0.25, 0.3) is 0 Å². The van der Waals surface area contributed by atoms with Crippen LogP contribution in [0.5, 0.6) is 0 Å². The van der Waals surface area contributed by atoms with E-state index in [-0.39, 0.29) is 225 Å². The molecule has 0 saturated carbocycles. The molecule has 0 amide bonds. The summed E-state index contributed by atoms with van der Waals surface area (Å²) in [6, 6.07) is 14.1. The normalized spacial score (nSPS) is 12.7. The fourth-order valence-electron chi connectivity index (χ4n) is 6.69. The van der Waals surface area contributed by atoms with Crippen LogP contribution in [0.25, 0.3) is 43.1 Å². The first kappa shape index (κ1) is 52.0. The Kier molecular flexibility index (Phi) is 15.7. The van der Waals surface area contributed by atoms with Gasteiger partial charge < -0.3 is 59.4 Å². The molecule has 4 aromatic heterocycles. The number of nitrogens with zero attached hydrogens (tertiary/aromatic N) is 2. The van der Waals surface area contributed by atoms with E-state index in [1.807, 2.05) is 0 Å². The Balaban J connectivity index is 0.00000164. The second-order valence-electron chi connectivity index (χ2n) is 12.5. The maximum absolute atomic E-state index is 12.6. The van der Waals surface area contributed by atoms with Gasteiger partial charge in [-0.1, -0.05) is 30.3 Å². The Morgan fingerprint density at radius 2 is 0.754 bits per heavy atom. The van der Waals surface area contributed by atoms with Crippen molar-refractivity contribution in [3.8, 4) is 0 Å². The van der Waals surface area contributed by atoms with Crippen molar-refractivity contribution in [2.45, 2.75) is 19.6 Å². The van der Waals surface area contributed by atoms with E-state index >= 15 is 0 Å². The van der Waals surface area contributed by atoms with Gasteiger partial charge in [0.05, 0.1) is 42.9 Å². The molecule has 1 aliphatic rings.